The van der Waals surface area contributed by atoms with Crippen molar-refractivity contribution in [1.82, 2.24) is 0 Å². The van der Waals surface area contributed by atoms with Crippen LogP contribution in [0.4, 0.5) is 0 Å². The summed E-state index contributed by atoms with van der Waals surface area (Å²) in [5, 5.41) is 0. The fourth-order valence-electron chi connectivity index (χ4n) is 4.66. The summed E-state index contributed by atoms with van der Waals surface area (Å²) in [6, 6.07) is 7.08. The third-order valence-corrected chi connectivity index (χ3v) is 6.36. The molecule has 0 bridgehead atoms. The Morgan fingerprint density at radius 3 is 1.80 bits per heavy atom. The molecule has 0 aliphatic heterocycles. The minimum atomic E-state index is 0.374. The number of unbranched alkanes of at least 4 members (excludes halogenated alkanes) is 6. The van der Waals surface area contributed by atoms with Gasteiger partial charge in [-0.05, 0) is 54.2 Å². The average molecular weight is 345 g/mol. The van der Waals surface area contributed by atoms with Crippen molar-refractivity contribution in [3.63, 3.8) is 0 Å². The molecule has 0 aliphatic carbocycles. The zero-order valence-corrected chi connectivity index (χ0v) is 18.1. The van der Waals surface area contributed by atoms with Crippen LogP contribution in [-0.2, 0) is 11.8 Å². The van der Waals surface area contributed by atoms with E-state index in [1.807, 2.05) is 0 Å². The lowest BCUT2D eigenvalue weighted by molar-refractivity contribution is 0.244. The highest BCUT2D eigenvalue weighted by Crippen LogP contribution is 2.44. The van der Waals surface area contributed by atoms with Gasteiger partial charge in [0.25, 0.3) is 0 Å². The smallest absolute Gasteiger partial charge is 0.00212 e. The minimum absolute atomic E-state index is 0.374. The van der Waals surface area contributed by atoms with Crippen LogP contribution in [0.25, 0.3) is 0 Å². The predicted molar refractivity (Wildman–Crippen MR) is 115 cm³/mol. The van der Waals surface area contributed by atoms with Crippen LogP contribution in [0.2, 0.25) is 0 Å². The Morgan fingerprint density at radius 2 is 1.36 bits per heavy atom. The molecule has 0 N–H and O–H groups in total. The van der Waals surface area contributed by atoms with Crippen LogP contribution in [-0.4, -0.2) is 0 Å². The fraction of sp³-hybridized carbons (Fsp3) is 0.760. The zero-order chi connectivity index (χ0) is 18.7. The quantitative estimate of drug-likeness (QED) is 0.315. The van der Waals surface area contributed by atoms with E-state index >= 15 is 0 Å². The van der Waals surface area contributed by atoms with Crippen molar-refractivity contribution in [1.29, 1.82) is 0 Å². The first-order valence-electron chi connectivity index (χ1n) is 11.1. The standard InChI is InChI=1S/C25H44/c1-7-10-12-14-19-25(21(4)5,20-15-13-11-8-2)24-18-16-17-22(6)23(24)9-3/h16-18,21H,7-15,19-20H2,1-6H3. The average Bonchev–Trinajstić information content (AvgIpc) is 2.60. The van der Waals surface area contributed by atoms with Gasteiger partial charge in [0.2, 0.25) is 0 Å². The summed E-state index contributed by atoms with van der Waals surface area (Å²) in [7, 11) is 0. The summed E-state index contributed by atoms with van der Waals surface area (Å²) in [6.45, 7) is 14.2. The number of hydrogen-bond donors (Lipinski definition) is 0. The van der Waals surface area contributed by atoms with Gasteiger partial charge in [0.15, 0.2) is 0 Å². The van der Waals surface area contributed by atoms with Gasteiger partial charge in [-0.1, -0.05) is 104 Å². The van der Waals surface area contributed by atoms with Crippen molar-refractivity contribution in [2.45, 2.75) is 118 Å². The third kappa shape index (κ3) is 6.15. The minimum Gasteiger partial charge on any atom is -0.0654 e. The monoisotopic (exact) mass is 344 g/mol. The van der Waals surface area contributed by atoms with E-state index < -0.39 is 0 Å². The molecule has 0 heteroatoms. The molecule has 0 aromatic heterocycles. The molecule has 1 rings (SSSR count). The number of benzene rings is 1. The maximum Gasteiger partial charge on any atom is -0.00212 e. The molecule has 0 fully saturated rings. The van der Waals surface area contributed by atoms with E-state index in [4.69, 9.17) is 0 Å². The van der Waals surface area contributed by atoms with E-state index in [0.717, 1.165) is 0 Å². The number of rotatable bonds is 13. The number of hydrogen-bond acceptors (Lipinski definition) is 0. The molecular formula is C25H44. The Labute approximate surface area is 158 Å². The molecule has 0 atom stereocenters. The molecule has 0 unspecified atom stereocenters. The highest BCUT2D eigenvalue weighted by molar-refractivity contribution is 5.40. The number of aryl methyl sites for hydroxylation is 1. The molecule has 0 saturated heterocycles. The van der Waals surface area contributed by atoms with Gasteiger partial charge in [0.1, 0.15) is 0 Å². The largest absolute Gasteiger partial charge is 0.0654 e. The summed E-state index contributed by atoms with van der Waals surface area (Å²) >= 11 is 0. The normalized spacial score (nSPS) is 12.1. The second-order valence-corrected chi connectivity index (χ2v) is 8.39. The first-order chi connectivity index (χ1) is 12.0. The van der Waals surface area contributed by atoms with Crippen LogP contribution in [0.5, 0.6) is 0 Å². The molecule has 144 valence electrons. The van der Waals surface area contributed by atoms with Gasteiger partial charge < -0.3 is 0 Å². The highest BCUT2D eigenvalue weighted by atomic mass is 14.4. The van der Waals surface area contributed by atoms with Gasteiger partial charge in [0.05, 0.1) is 0 Å². The summed E-state index contributed by atoms with van der Waals surface area (Å²) < 4.78 is 0. The topological polar surface area (TPSA) is 0 Å². The van der Waals surface area contributed by atoms with Crippen molar-refractivity contribution < 1.29 is 0 Å². The van der Waals surface area contributed by atoms with Crippen molar-refractivity contribution in [2.75, 3.05) is 0 Å². The van der Waals surface area contributed by atoms with Crippen molar-refractivity contribution >= 4 is 0 Å². The lowest BCUT2D eigenvalue weighted by Gasteiger charge is -2.41. The molecule has 1 aromatic carbocycles. The van der Waals surface area contributed by atoms with Gasteiger partial charge in [-0.15, -0.1) is 0 Å². The second kappa shape index (κ2) is 11.8. The lowest BCUT2D eigenvalue weighted by atomic mass is 9.63. The third-order valence-electron chi connectivity index (χ3n) is 6.36. The molecule has 0 amide bonds. The Morgan fingerprint density at radius 1 is 0.800 bits per heavy atom. The first kappa shape index (κ1) is 22.3. The fourth-order valence-corrected chi connectivity index (χ4v) is 4.66. The highest BCUT2D eigenvalue weighted by Gasteiger charge is 2.36. The molecule has 0 heterocycles. The van der Waals surface area contributed by atoms with Crippen LogP contribution in [0, 0.1) is 12.8 Å². The SMILES string of the molecule is CCCCCCC(CCCCCC)(c1cccc(C)c1CC)C(C)C. The van der Waals surface area contributed by atoms with E-state index in [2.05, 4.69) is 59.7 Å². The summed E-state index contributed by atoms with van der Waals surface area (Å²) in [5.74, 6) is 0.711. The van der Waals surface area contributed by atoms with Crippen LogP contribution < -0.4 is 0 Å². The van der Waals surface area contributed by atoms with Gasteiger partial charge in [-0.25, -0.2) is 0 Å². The van der Waals surface area contributed by atoms with Crippen molar-refractivity contribution in [3.8, 4) is 0 Å². The second-order valence-electron chi connectivity index (χ2n) is 8.39. The Kier molecular flexibility index (Phi) is 10.5. The molecule has 25 heavy (non-hydrogen) atoms. The van der Waals surface area contributed by atoms with E-state index in [0.29, 0.717) is 11.3 Å². The summed E-state index contributed by atoms with van der Waals surface area (Å²) in [4.78, 5) is 0. The van der Waals surface area contributed by atoms with E-state index in [1.165, 1.54) is 76.2 Å². The van der Waals surface area contributed by atoms with Gasteiger partial charge >= 0.3 is 0 Å². The molecule has 0 aliphatic rings. The van der Waals surface area contributed by atoms with Gasteiger partial charge in [-0.3, -0.25) is 0 Å². The van der Waals surface area contributed by atoms with Crippen molar-refractivity contribution in [2.24, 2.45) is 5.92 Å². The molecule has 1 aromatic rings. The Hall–Kier alpha value is -0.780. The Balaban J connectivity index is 3.15. The van der Waals surface area contributed by atoms with Crippen molar-refractivity contribution in [3.05, 3.63) is 34.9 Å². The molecule has 0 saturated carbocycles. The molecule has 0 spiro atoms. The van der Waals surface area contributed by atoms with E-state index in [1.54, 1.807) is 11.1 Å². The maximum atomic E-state index is 2.47. The maximum absolute atomic E-state index is 2.47. The molecular weight excluding hydrogens is 300 g/mol. The zero-order valence-electron chi connectivity index (χ0n) is 18.1. The van der Waals surface area contributed by atoms with Crippen LogP contribution in [0.3, 0.4) is 0 Å². The van der Waals surface area contributed by atoms with Crippen LogP contribution in [0.1, 0.15) is 116 Å². The van der Waals surface area contributed by atoms with Crippen LogP contribution >= 0.6 is 0 Å². The summed E-state index contributed by atoms with van der Waals surface area (Å²) in [6.07, 6.45) is 14.9. The van der Waals surface area contributed by atoms with Gasteiger partial charge in [0, 0.05) is 0 Å². The summed E-state index contributed by atoms with van der Waals surface area (Å²) in [5.41, 5.74) is 5.17. The lowest BCUT2D eigenvalue weighted by Crippen LogP contribution is -2.34. The van der Waals surface area contributed by atoms with E-state index in [-0.39, 0.29) is 0 Å². The molecule has 0 nitrogen and oxygen atoms in total. The molecule has 0 radical (unpaired) electrons. The van der Waals surface area contributed by atoms with Crippen LogP contribution in [0.15, 0.2) is 18.2 Å². The Bertz CT molecular complexity index is 457. The van der Waals surface area contributed by atoms with Gasteiger partial charge in [-0.2, -0.15) is 0 Å². The predicted octanol–water partition coefficient (Wildman–Crippen LogP) is 8.39. The van der Waals surface area contributed by atoms with E-state index in [9.17, 15) is 0 Å². The first-order valence-corrected chi connectivity index (χ1v) is 11.1.